The number of rotatable bonds is 3. The summed E-state index contributed by atoms with van der Waals surface area (Å²) in [6, 6.07) is 5.11. The molecule has 0 unspecified atom stereocenters. The van der Waals surface area contributed by atoms with E-state index >= 15 is 0 Å². The zero-order valence-corrected chi connectivity index (χ0v) is 12.0. The fraction of sp³-hybridized carbons (Fsp3) is 0.0769. The Balaban J connectivity index is 2.11. The minimum Gasteiger partial charge on any atom is -0.265 e. The number of carbonyl (C=O) groups is 1. The van der Waals surface area contributed by atoms with E-state index in [4.69, 9.17) is 23.2 Å². The van der Waals surface area contributed by atoms with Gasteiger partial charge >= 0.3 is 0 Å². The Morgan fingerprint density at radius 3 is 2.70 bits per heavy atom. The number of benzene rings is 1. The Kier molecular flexibility index (Phi) is 4.65. The lowest BCUT2D eigenvalue weighted by Crippen LogP contribution is -2.20. The number of hydrogen-bond donors (Lipinski definition) is 1. The van der Waals surface area contributed by atoms with Gasteiger partial charge in [-0.2, -0.15) is 5.10 Å². The first-order chi connectivity index (χ1) is 9.58. The van der Waals surface area contributed by atoms with Crippen LogP contribution in [0.4, 0.5) is 0 Å². The van der Waals surface area contributed by atoms with Crippen LogP contribution in [0.5, 0.6) is 0 Å². The monoisotopic (exact) mass is 308 g/mol. The van der Waals surface area contributed by atoms with Gasteiger partial charge in [-0.15, -0.1) is 0 Å². The van der Waals surface area contributed by atoms with Gasteiger partial charge in [-0.25, -0.2) is 10.4 Å². The first-order valence-corrected chi connectivity index (χ1v) is 6.39. The molecule has 0 aliphatic carbocycles. The Bertz CT molecular complexity index is 659. The largest absolute Gasteiger partial charge is 0.291 e. The van der Waals surface area contributed by atoms with Gasteiger partial charge in [0.15, 0.2) is 0 Å². The van der Waals surface area contributed by atoms with Gasteiger partial charge in [0.25, 0.3) is 5.91 Å². The number of halogens is 2. The minimum absolute atomic E-state index is 0.193. The van der Waals surface area contributed by atoms with Crippen molar-refractivity contribution in [3.05, 3.63) is 58.1 Å². The Hall–Kier alpha value is -1.98. The molecule has 0 fully saturated rings. The van der Waals surface area contributed by atoms with Crippen molar-refractivity contribution in [1.29, 1.82) is 0 Å². The first-order valence-electron chi connectivity index (χ1n) is 5.64. The van der Waals surface area contributed by atoms with E-state index in [-0.39, 0.29) is 5.69 Å². The number of carbonyl (C=O) groups excluding carboxylic acids is 1. The van der Waals surface area contributed by atoms with Crippen LogP contribution < -0.4 is 5.43 Å². The van der Waals surface area contributed by atoms with Gasteiger partial charge in [0.2, 0.25) is 0 Å². The van der Waals surface area contributed by atoms with Crippen molar-refractivity contribution < 1.29 is 4.79 Å². The highest BCUT2D eigenvalue weighted by molar-refractivity contribution is 6.42. The summed E-state index contributed by atoms with van der Waals surface area (Å²) in [7, 11) is 0. The Morgan fingerprint density at radius 1 is 1.25 bits per heavy atom. The predicted molar refractivity (Wildman–Crippen MR) is 78.2 cm³/mol. The molecule has 102 valence electrons. The zero-order valence-electron chi connectivity index (χ0n) is 10.5. The van der Waals surface area contributed by atoms with Crippen molar-refractivity contribution in [2.24, 2.45) is 5.10 Å². The van der Waals surface area contributed by atoms with Gasteiger partial charge in [0.05, 0.1) is 22.0 Å². The second-order valence-electron chi connectivity index (χ2n) is 3.86. The van der Waals surface area contributed by atoms with Crippen LogP contribution in [-0.4, -0.2) is 21.6 Å². The number of hydrogen-bond acceptors (Lipinski definition) is 4. The summed E-state index contributed by atoms with van der Waals surface area (Å²) in [5, 5.41) is 4.88. The number of hydrazone groups is 1. The van der Waals surface area contributed by atoms with Crippen LogP contribution in [0.15, 0.2) is 41.9 Å². The van der Waals surface area contributed by atoms with Crippen molar-refractivity contribution >= 4 is 34.8 Å². The van der Waals surface area contributed by atoms with E-state index in [1.807, 2.05) is 0 Å². The molecule has 1 aromatic heterocycles. The van der Waals surface area contributed by atoms with Gasteiger partial charge in [-0.1, -0.05) is 29.3 Å². The van der Waals surface area contributed by atoms with Crippen molar-refractivity contribution in [2.45, 2.75) is 6.92 Å². The molecule has 0 bridgehead atoms. The van der Waals surface area contributed by atoms with Crippen LogP contribution in [0.25, 0.3) is 0 Å². The van der Waals surface area contributed by atoms with Crippen LogP contribution in [0.1, 0.15) is 23.0 Å². The second-order valence-corrected chi connectivity index (χ2v) is 4.67. The van der Waals surface area contributed by atoms with Crippen LogP contribution >= 0.6 is 23.2 Å². The second kappa shape index (κ2) is 6.45. The van der Waals surface area contributed by atoms with Crippen LogP contribution in [0, 0.1) is 0 Å². The average Bonchev–Trinajstić information content (AvgIpc) is 2.48. The molecule has 5 nitrogen and oxygen atoms in total. The highest BCUT2D eigenvalue weighted by Crippen LogP contribution is 2.22. The van der Waals surface area contributed by atoms with Crippen LogP contribution in [0.3, 0.4) is 0 Å². The highest BCUT2D eigenvalue weighted by atomic mass is 35.5. The molecule has 2 rings (SSSR count). The quantitative estimate of drug-likeness (QED) is 0.700. The molecule has 1 aromatic carbocycles. The molecule has 1 amide bonds. The van der Waals surface area contributed by atoms with Gasteiger partial charge in [-0.05, 0) is 24.6 Å². The van der Waals surface area contributed by atoms with Crippen molar-refractivity contribution in [3.63, 3.8) is 0 Å². The fourth-order valence-electron chi connectivity index (χ4n) is 1.39. The predicted octanol–water partition coefficient (Wildman–Crippen LogP) is 2.94. The normalized spacial score (nSPS) is 11.2. The maximum absolute atomic E-state index is 11.7. The van der Waals surface area contributed by atoms with E-state index in [0.717, 1.165) is 5.56 Å². The molecule has 0 aliphatic heterocycles. The molecule has 0 atom stereocenters. The van der Waals surface area contributed by atoms with Gasteiger partial charge in [-0.3, -0.25) is 9.78 Å². The van der Waals surface area contributed by atoms with E-state index in [0.29, 0.717) is 15.8 Å². The molecule has 1 heterocycles. The molecule has 0 saturated heterocycles. The Morgan fingerprint density at radius 2 is 2.05 bits per heavy atom. The molecule has 0 aliphatic rings. The van der Waals surface area contributed by atoms with Gasteiger partial charge < -0.3 is 0 Å². The summed E-state index contributed by atoms with van der Waals surface area (Å²) in [5.74, 6) is -0.433. The van der Waals surface area contributed by atoms with E-state index in [1.165, 1.54) is 18.6 Å². The molecule has 0 radical (unpaired) electrons. The van der Waals surface area contributed by atoms with Crippen LogP contribution in [0.2, 0.25) is 10.0 Å². The van der Waals surface area contributed by atoms with Crippen molar-refractivity contribution in [3.8, 4) is 0 Å². The number of aromatic nitrogens is 2. The standard InChI is InChI=1S/C13H10Cl2N4O/c1-8(9-2-3-10(14)11(15)6-9)18-19-13(20)12-7-16-4-5-17-12/h2-7H,1H3,(H,19,20). The lowest BCUT2D eigenvalue weighted by molar-refractivity contribution is 0.0949. The summed E-state index contributed by atoms with van der Waals surface area (Å²) in [6.45, 7) is 1.75. The smallest absolute Gasteiger partial charge is 0.265 e. The molecule has 0 saturated carbocycles. The van der Waals surface area contributed by atoms with Crippen molar-refractivity contribution in [2.75, 3.05) is 0 Å². The van der Waals surface area contributed by atoms with E-state index < -0.39 is 5.91 Å². The number of amides is 1. The van der Waals surface area contributed by atoms with Crippen molar-refractivity contribution in [1.82, 2.24) is 15.4 Å². The molecule has 2 aromatic rings. The number of nitrogens with one attached hydrogen (secondary N) is 1. The zero-order chi connectivity index (χ0) is 14.5. The third kappa shape index (κ3) is 3.53. The molecule has 1 N–H and O–H groups in total. The maximum Gasteiger partial charge on any atom is 0.291 e. The summed E-state index contributed by atoms with van der Waals surface area (Å²) >= 11 is 11.8. The van der Waals surface area contributed by atoms with Gasteiger partial charge in [0.1, 0.15) is 5.69 Å². The van der Waals surface area contributed by atoms with Gasteiger partial charge in [0, 0.05) is 12.4 Å². The van der Waals surface area contributed by atoms with Crippen LogP contribution in [-0.2, 0) is 0 Å². The SMILES string of the molecule is CC(=NNC(=O)c1cnccn1)c1ccc(Cl)c(Cl)c1. The maximum atomic E-state index is 11.7. The molecule has 20 heavy (non-hydrogen) atoms. The summed E-state index contributed by atoms with van der Waals surface area (Å²) in [4.78, 5) is 19.4. The highest BCUT2D eigenvalue weighted by Gasteiger charge is 2.06. The lowest BCUT2D eigenvalue weighted by atomic mass is 10.1. The molecule has 0 spiro atoms. The average molecular weight is 309 g/mol. The van der Waals surface area contributed by atoms with E-state index in [9.17, 15) is 4.79 Å². The Labute approximate surface area is 125 Å². The van der Waals surface area contributed by atoms with E-state index in [1.54, 1.807) is 25.1 Å². The minimum atomic E-state index is -0.433. The summed E-state index contributed by atoms with van der Waals surface area (Å²) in [6.07, 6.45) is 4.28. The molecular formula is C13H10Cl2N4O. The topological polar surface area (TPSA) is 67.2 Å². The number of nitrogens with zero attached hydrogens (tertiary/aromatic N) is 3. The molecule has 7 heteroatoms. The third-order valence-electron chi connectivity index (χ3n) is 2.46. The lowest BCUT2D eigenvalue weighted by Gasteiger charge is -2.04. The third-order valence-corrected chi connectivity index (χ3v) is 3.20. The first kappa shape index (κ1) is 14.4. The molecular weight excluding hydrogens is 299 g/mol. The van der Waals surface area contributed by atoms with E-state index in [2.05, 4.69) is 20.5 Å². The summed E-state index contributed by atoms with van der Waals surface area (Å²) < 4.78 is 0. The summed E-state index contributed by atoms with van der Waals surface area (Å²) in [5.41, 5.74) is 3.96. The fourth-order valence-corrected chi connectivity index (χ4v) is 1.69.